The molecule has 0 aliphatic carbocycles. The molecule has 0 N–H and O–H groups in total. The van der Waals surface area contributed by atoms with Crippen molar-refractivity contribution in [3.8, 4) is 0 Å². The molecule has 0 unspecified atom stereocenters. The van der Waals surface area contributed by atoms with E-state index in [0.29, 0.717) is 5.02 Å². The van der Waals surface area contributed by atoms with E-state index in [0.717, 1.165) is 5.56 Å². The minimum absolute atomic E-state index is 0.685. The summed E-state index contributed by atoms with van der Waals surface area (Å²) in [5, 5.41) is 0.685. The number of aryl methyl sites for hydroxylation is 1. The second-order valence-electron chi connectivity index (χ2n) is 1.68. The van der Waals surface area contributed by atoms with Crippen LogP contribution < -0.4 is 0 Å². The van der Waals surface area contributed by atoms with E-state index < -0.39 is 0 Å². The molecule has 0 saturated heterocycles. The van der Waals surface area contributed by atoms with Gasteiger partial charge in [-0.2, -0.15) is 29.8 Å². The van der Waals surface area contributed by atoms with Gasteiger partial charge in [-0.25, -0.2) is 0 Å². The molecule has 0 heterocycles. The van der Waals surface area contributed by atoms with Gasteiger partial charge in [-0.15, -0.1) is 11.6 Å². The van der Waals surface area contributed by atoms with Gasteiger partial charge in [0, 0.05) is 0 Å². The summed E-state index contributed by atoms with van der Waals surface area (Å²) in [7, 11) is 0. The average molecular weight is 271 g/mol. The predicted octanol–water partition coefficient (Wildman–Crippen LogP) is 3.29. The minimum atomic E-state index is 0.685. The molecule has 1 aromatic carbocycles. The van der Waals surface area contributed by atoms with Gasteiger partial charge in [-0.05, 0) is 0 Å². The standard InChI is InChI=1S/C7H6Cl.BrH.Zn/c1-6-3-2-4-7(8)5-6;;/h2-4H,1H3;1H;/q-1;;+2/p-1. The SMILES string of the molecule is Cc1[c-]c(Cl)ccc1.[Zn+][Br]. The monoisotopic (exact) mass is 268 g/mol. The molecule has 0 aliphatic heterocycles. The summed E-state index contributed by atoms with van der Waals surface area (Å²) in [6.45, 7) is 1.96. The first kappa shape index (κ1) is 10.6. The number of hydrogen-bond donors (Lipinski definition) is 0. The molecule has 0 aliphatic rings. The molecule has 1 rings (SSSR count). The van der Waals surface area contributed by atoms with Crippen molar-refractivity contribution in [2.24, 2.45) is 0 Å². The fourth-order valence-electron chi connectivity index (χ4n) is 0.549. The number of hydrogen-bond acceptors (Lipinski definition) is 0. The Labute approximate surface area is 83.0 Å². The average Bonchev–Trinajstić information content (AvgIpc) is 1.91. The first-order valence-corrected chi connectivity index (χ1v) is 10.0. The van der Waals surface area contributed by atoms with Gasteiger partial charge in [0.25, 0.3) is 0 Å². The Balaban J connectivity index is 0.000000371. The van der Waals surface area contributed by atoms with Gasteiger partial charge in [-0.1, -0.05) is 11.9 Å². The Kier molecular flexibility index (Phi) is 6.72. The van der Waals surface area contributed by atoms with E-state index in [4.69, 9.17) is 11.6 Å². The third-order valence-electron chi connectivity index (χ3n) is 0.905. The third kappa shape index (κ3) is 4.43. The van der Waals surface area contributed by atoms with Crippen molar-refractivity contribution in [3.63, 3.8) is 0 Å². The summed E-state index contributed by atoms with van der Waals surface area (Å²) in [5.74, 6) is 0. The summed E-state index contributed by atoms with van der Waals surface area (Å²) in [6, 6.07) is 8.62. The van der Waals surface area contributed by atoms with Crippen molar-refractivity contribution in [3.05, 3.63) is 34.9 Å². The molecule has 0 radical (unpaired) electrons. The molecule has 10 heavy (non-hydrogen) atoms. The van der Waals surface area contributed by atoms with Gasteiger partial charge in [0.05, 0.1) is 0 Å². The summed E-state index contributed by atoms with van der Waals surface area (Å²) in [5.41, 5.74) is 1.08. The van der Waals surface area contributed by atoms with E-state index >= 15 is 0 Å². The zero-order valence-corrected chi connectivity index (χ0v) is 11.0. The Hall–Kier alpha value is 0.613. The normalized spacial score (nSPS) is 8.10. The van der Waals surface area contributed by atoms with E-state index in [2.05, 4.69) is 19.7 Å². The van der Waals surface area contributed by atoms with Crippen LogP contribution in [0.25, 0.3) is 0 Å². The Morgan fingerprint density at radius 1 is 1.50 bits per heavy atom. The maximum atomic E-state index is 5.59. The second kappa shape index (κ2) is 6.33. The van der Waals surface area contributed by atoms with E-state index in [-0.39, 0.29) is 0 Å². The molecule has 0 fully saturated rings. The summed E-state index contributed by atoms with van der Waals surface area (Å²) in [6.07, 6.45) is 0. The molecule has 0 nitrogen and oxygen atoms in total. The van der Waals surface area contributed by atoms with Crippen LogP contribution in [0.5, 0.6) is 0 Å². The molecular formula is C7H6BrClZn. The van der Waals surface area contributed by atoms with E-state index in [1.54, 1.807) is 0 Å². The van der Waals surface area contributed by atoms with E-state index in [1.807, 2.05) is 25.1 Å². The van der Waals surface area contributed by atoms with Crippen molar-refractivity contribution in [1.82, 2.24) is 0 Å². The number of benzene rings is 1. The first-order valence-electron chi connectivity index (χ1n) is 2.70. The van der Waals surface area contributed by atoms with Crippen LogP contribution in [0, 0.1) is 13.0 Å². The third-order valence-corrected chi connectivity index (χ3v) is 1.13. The molecule has 3 heteroatoms. The summed E-state index contributed by atoms with van der Waals surface area (Å²) < 4.78 is 0. The van der Waals surface area contributed by atoms with Gasteiger partial charge in [0.15, 0.2) is 0 Å². The summed E-state index contributed by atoms with van der Waals surface area (Å²) >= 11 is 9.84. The molecule has 0 spiro atoms. The van der Waals surface area contributed by atoms with Crippen molar-refractivity contribution in [1.29, 1.82) is 0 Å². The molecule has 0 saturated carbocycles. The van der Waals surface area contributed by atoms with E-state index in [9.17, 15) is 0 Å². The zero-order chi connectivity index (χ0) is 7.98. The van der Waals surface area contributed by atoms with Crippen molar-refractivity contribution >= 4 is 25.2 Å². The predicted molar refractivity (Wildman–Crippen MR) is 44.0 cm³/mol. The van der Waals surface area contributed by atoms with Crippen LogP contribution >= 0.6 is 25.2 Å². The van der Waals surface area contributed by atoms with Crippen LogP contribution in [0.15, 0.2) is 18.2 Å². The topological polar surface area (TPSA) is 0 Å². The van der Waals surface area contributed by atoms with Crippen molar-refractivity contribution in [2.45, 2.75) is 6.92 Å². The van der Waals surface area contributed by atoms with Crippen LogP contribution in [-0.2, 0) is 16.3 Å². The maximum absolute atomic E-state index is 5.59. The van der Waals surface area contributed by atoms with Gasteiger partial charge in [0.1, 0.15) is 0 Å². The molecule has 0 atom stereocenters. The van der Waals surface area contributed by atoms with Crippen molar-refractivity contribution in [2.75, 3.05) is 0 Å². The fourth-order valence-corrected chi connectivity index (χ4v) is 0.770. The fraction of sp³-hybridized carbons (Fsp3) is 0.143. The molecule has 1 aromatic rings. The van der Waals surface area contributed by atoms with Crippen LogP contribution in [0.4, 0.5) is 0 Å². The molecule has 0 amide bonds. The van der Waals surface area contributed by atoms with E-state index in [1.165, 1.54) is 16.3 Å². The van der Waals surface area contributed by atoms with Gasteiger partial charge in [-0.3, -0.25) is 0 Å². The summed E-state index contributed by atoms with van der Waals surface area (Å²) in [4.78, 5) is 0. The Morgan fingerprint density at radius 3 is 2.40 bits per heavy atom. The molecule has 0 bridgehead atoms. The van der Waals surface area contributed by atoms with Gasteiger partial charge < -0.3 is 0 Å². The number of rotatable bonds is 0. The van der Waals surface area contributed by atoms with Crippen LogP contribution in [0.1, 0.15) is 5.56 Å². The quantitative estimate of drug-likeness (QED) is 0.501. The first-order chi connectivity index (χ1) is 4.79. The van der Waals surface area contributed by atoms with Crippen LogP contribution in [0.2, 0.25) is 5.02 Å². The molecule has 50 valence electrons. The van der Waals surface area contributed by atoms with Gasteiger partial charge in [0.2, 0.25) is 0 Å². The molecular weight excluding hydrogens is 265 g/mol. The number of halogens is 2. The van der Waals surface area contributed by atoms with Gasteiger partial charge >= 0.3 is 30.0 Å². The Bertz CT molecular complexity index is 173. The van der Waals surface area contributed by atoms with Crippen LogP contribution in [-0.4, -0.2) is 0 Å². The van der Waals surface area contributed by atoms with Crippen LogP contribution in [0.3, 0.4) is 0 Å². The molecule has 0 aromatic heterocycles. The second-order valence-corrected chi connectivity index (χ2v) is 2.09. The van der Waals surface area contributed by atoms with Crippen molar-refractivity contribution < 1.29 is 16.3 Å². The Morgan fingerprint density at radius 2 is 2.10 bits per heavy atom. The zero-order valence-electron chi connectivity index (χ0n) is 5.70.